The van der Waals surface area contributed by atoms with Crippen molar-refractivity contribution in [1.29, 1.82) is 0 Å². The number of nitrogens with one attached hydrogen (secondary N) is 5. The Labute approximate surface area is 182 Å². The number of carbonyl (C=O) groups is 1. The molecule has 0 saturated heterocycles. The number of aromatic nitrogens is 2. The van der Waals surface area contributed by atoms with E-state index in [1.165, 1.54) is 0 Å². The van der Waals surface area contributed by atoms with Crippen molar-refractivity contribution in [2.75, 3.05) is 40.7 Å². The molecule has 3 rings (SSSR count). The number of nitrogens with zero attached hydrogens (tertiary/aromatic N) is 2. The number of halogens is 1. The number of thiocarbonyl (C=S) groups is 1. The van der Waals surface area contributed by atoms with Crippen LogP contribution in [0.4, 0.5) is 28.4 Å². The summed E-state index contributed by atoms with van der Waals surface area (Å²) in [4.78, 5) is 12.0. The number of benzene rings is 2. The Bertz CT molecular complexity index is 1010. The fraction of sp³-hybridized carbons (Fsp3) is 0.111. The van der Waals surface area contributed by atoms with E-state index in [1.807, 2.05) is 12.1 Å². The van der Waals surface area contributed by atoms with E-state index in [0.29, 0.717) is 15.8 Å². The second-order valence-electron chi connectivity index (χ2n) is 5.75. The van der Waals surface area contributed by atoms with Crippen LogP contribution >= 0.6 is 35.4 Å². The Kier molecular flexibility index (Phi) is 6.81. The van der Waals surface area contributed by atoms with E-state index in [1.54, 1.807) is 43.7 Å². The molecule has 0 bridgehead atoms. The lowest BCUT2D eigenvalue weighted by Crippen LogP contribution is -2.20. The molecule has 5 N–H and O–H groups in total. The minimum Gasteiger partial charge on any atom is -0.387 e. The summed E-state index contributed by atoms with van der Waals surface area (Å²) in [6, 6.07) is 10.9. The van der Waals surface area contributed by atoms with Crippen molar-refractivity contribution < 1.29 is 4.79 Å². The van der Waals surface area contributed by atoms with Crippen LogP contribution in [0.1, 0.15) is 10.5 Å². The normalized spacial score (nSPS) is 10.2. The standard InChI is InChI=1S/C18H18ClN7OS2/c1-20-12-7-8-13(16(21-2)15(12)19)24-18(28)23-11-5-3-10(4-6-11)22-17(27)14-9-29-26-25-14/h3-9,20-21H,1-2H3,(H,22,27)(H2,23,24,28). The van der Waals surface area contributed by atoms with Gasteiger partial charge in [0.05, 0.1) is 22.1 Å². The van der Waals surface area contributed by atoms with Crippen LogP contribution in [-0.4, -0.2) is 34.7 Å². The van der Waals surface area contributed by atoms with Crippen molar-refractivity contribution >= 4 is 74.8 Å². The van der Waals surface area contributed by atoms with Crippen LogP contribution in [0.25, 0.3) is 0 Å². The topological polar surface area (TPSA) is 103 Å². The number of amides is 1. The van der Waals surface area contributed by atoms with Crippen molar-refractivity contribution in [3.8, 4) is 0 Å². The van der Waals surface area contributed by atoms with Crippen molar-refractivity contribution in [1.82, 2.24) is 9.59 Å². The number of anilines is 5. The third kappa shape index (κ3) is 5.11. The highest BCUT2D eigenvalue weighted by Gasteiger charge is 2.12. The number of hydrogen-bond acceptors (Lipinski definition) is 7. The van der Waals surface area contributed by atoms with Crippen molar-refractivity contribution in [3.05, 3.63) is 52.5 Å². The van der Waals surface area contributed by atoms with E-state index in [0.717, 1.165) is 34.3 Å². The minimum absolute atomic E-state index is 0.283. The molecule has 0 atom stereocenters. The summed E-state index contributed by atoms with van der Waals surface area (Å²) in [7, 11) is 3.59. The first-order valence-corrected chi connectivity index (χ1v) is 10.1. The molecule has 8 nitrogen and oxygen atoms in total. The molecule has 0 aliphatic carbocycles. The molecule has 0 unspecified atom stereocenters. The summed E-state index contributed by atoms with van der Waals surface area (Å²) >= 11 is 12.9. The van der Waals surface area contributed by atoms with E-state index < -0.39 is 0 Å². The lowest BCUT2D eigenvalue weighted by Gasteiger charge is -2.17. The molecule has 0 radical (unpaired) electrons. The Balaban J connectivity index is 1.62. The largest absolute Gasteiger partial charge is 0.387 e. The molecule has 0 saturated carbocycles. The van der Waals surface area contributed by atoms with E-state index in [-0.39, 0.29) is 11.6 Å². The van der Waals surface area contributed by atoms with Gasteiger partial charge in [-0.1, -0.05) is 16.1 Å². The first kappa shape index (κ1) is 20.8. The summed E-state index contributed by atoms with van der Waals surface area (Å²) in [6.07, 6.45) is 0. The van der Waals surface area contributed by atoms with Gasteiger partial charge in [0, 0.05) is 30.9 Å². The first-order valence-electron chi connectivity index (χ1n) is 8.46. The quantitative estimate of drug-likeness (QED) is 0.356. The average molecular weight is 448 g/mol. The third-order valence-electron chi connectivity index (χ3n) is 3.90. The van der Waals surface area contributed by atoms with Gasteiger partial charge in [-0.15, -0.1) is 5.10 Å². The smallest absolute Gasteiger partial charge is 0.277 e. The molecule has 11 heteroatoms. The zero-order chi connectivity index (χ0) is 20.8. The van der Waals surface area contributed by atoms with Gasteiger partial charge in [-0.25, -0.2) is 0 Å². The van der Waals surface area contributed by atoms with E-state index >= 15 is 0 Å². The molecule has 29 heavy (non-hydrogen) atoms. The van der Waals surface area contributed by atoms with Gasteiger partial charge in [0.1, 0.15) is 0 Å². The third-order valence-corrected chi connectivity index (χ3v) is 5.00. The fourth-order valence-electron chi connectivity index (χ4n) is 2.50. The lowest BCUT2D eigenvalue weighted by atomic mass is 10.2. The number of carbonyl (C=O) groups excluding carboxylic acids is 1. The lowest BCUT2D eigenvalue weighted by molar-refractivity contribution is 0.102. The summed E-state index contributed by atoms with van der Waals surface area (Å²) in [5.74, 6) is -0.307. The predicted molar refractivity (Wildman–Crippen MR) is 125 cm³/mol. The Morgan fingerprint density at radius 2 is 1.62 bits per heavy atom. The highest BCUT2D eigenvalue weighted by atomic mass is 35.5. The Hall–Kier alpha value is -2.95. The number of rotatable bonds is 6. The molecular weight excluding hydrogens is 430 g/mol. The van der Waals surface area contributed by atoms with Gasteiger partial charge < -0.3 is 26.6 Å². The molecule has 2 aromatic carbocycles. The maximum atomic E-state index is 12.0. The second kappa shape index (κ2) is 9.50. The van der Waals surface area contributed by atoms with Gasteiger partial charge in [0.25, 0.3) is 5.91 Å². The fourth-order valence-corrected chi connectivity index (χ4v) is 3.52. The zero-order valence-electron chi connectivity index (χ0n) is 15.5. The van der Waals surface area contributed by atoms with Gasteiger partial charge in [-0.3, -0.25) is 4.79 Å². The van der Waals surface area contributed by atoms with Crippen LogP contribution in [-0.2, 0) is 0 Å². The van der Waals surface area contributed by atoms with Crippen LogP contribution in [0.3, 0.4) is 0 Å². The molecule has 1 heterocycles. The summed E-state index contributed by atoms with van der Waals surface area (Å²) < 4.78 is 3.68. The molecule has 150 valence electrons. The summed E-state index contributed by atoms with van der Waals surface area (Å²) in [5.41, 5.74) is 3.98. The monoisotopic (exact) mass is 447 g/mol. The molecule has 0 aliphatic rings. The maximum Gasteiger partial charge on any atom is 0.277 e. The van der Waals surface area contributed by atoms with Crippen LogP contribution in [0.15, 0.2) is 41.8 Å². The Morgan fingerprint density at radius 1 is 0.966 bits per heavy atom. The Morgan fingerprint density at radius 3 is 2.21 bits per heavy atom. The van der Waals surface area contributed by atoms with Crippen LogP contribution in [0.5, 0.6) is 0 Å². The average Bonchev–Trinajstić information content (AvgIpc) is 3.25. The minimum atomic E-state index is -0.307. The second-order valence-corrected chi connectivity index (χ2v) is 7.15. The molecule has 0 fully saturated rings. The van der Waals surface area contributed by atoms with E-state index in [4.69, 9.17) is 23.8 Å². The van der Waals surface area contributed by atoms with E-state index in [9.17, 15) is 4.79 Å². The highest BCUT2D eigenvalue weighted by molar-refractivity contribution is 7.80. The maximum absolute atomic E-state index is 12.0. The van der Waals surface area contributed by atoms with Gasteiger partial charge in [0.15, 0.2) is 10.8 Å². The highest BCUT2D eigenvalue weighted by Crippen LogP contribution is 2.36. The summed E-state index contributed by atoms with van der Waals surface area (Å²) in [5, 5.41) is 21.4. The SMILES string of the molecule is CNc1ccc(NC(=S)Nc2ccc(NC(=O)c3csnn3)cc2)c(NC)c1Cl. The van der Waals surface area contributed by atoms with Crippen molar-refractivity contribution in [2.24, 2.45) is 0 Å². The van der Waals surface area contributed by atoms with Gasteiger partial charge in [-0.05, 0) is 60.1 Å². The molecule has 3 aromatic rings. The molecular formula is C18H18ClN7OS2. The first-order chi connectivity index (χ1) is 14.0. The van der Waals surface area contributed by atoms with Gasteiger partial charge >= 0.3 is 0 Å². The zero-order valence-corrected chi connectivity index (χ0v) is 17.9. The van der Waals surface area contributed by atoms with Crippen molar-refractivity contribution in [3.63, 3.8) is 0 Å². The van der Waals surface area contributed by atoms with Gasteiger partial charge in [-0.2, -0.15) is 0 Å². The molecule has 0 spiro atoms. The molecule has 0 aliphatic heterocycles. The van der Waals surface area contributed by atoms with Crippen LogP contribution < -0.4 is 26.6 Å². The van der Waals surface area contributed by atoms with Crippen LogP contribution in [0.2, 0.25) is 5.02 Å². The van der Waals surface area contributed by atoms with Crippen molar-refractivity contribution in [2.45, 2.75) is 0 Å². The predicted octanol–water partition coefficient (Wildman–Crippen LogP) is 4.34. The van der Waals surface area contributed by atoms with E-state index in [2.05, 4.69) is 36.2 Å². The van der Waals surface area contributed by atoms with Gasteiger partial charge in [0.2, 0.25) is 0 Å². The molecule has 1 aromatic heterocycles. The molecule has 1 amide bonds. The number of hydrogen-bond donors (Lipinski definition) is 5. The summed E-state index contributed by atoms with van der Waals surface area (Å²) in [6.45, 7) is 0. The van der Waals surface area contributed by atoms with Crippen LogP contribution in [0, 0.1) is 0 Å².